The fourth-order valence-corrected chi connectivity index (χ4v) is 2.00. The van der Waals surface area contributed by atoms with Gasteiger partial charge in [0, 0.05) is 6.54 Å². The second-order valence-corrected chi connectivity index (χ2v) is 4.86. The van der Waals surface area contributed by atoms with Gasteiger partial charge in [-0.25, -0.2) is 4.79 Å². The molecule has 1 aliphatic rings. The molecule has 1 aromatic carbocycles. The van der Waals surface area contributed by atoms with Crippen molar-refractivity contribution in [2.45, 2.75) is 26.7 Å². The number of carbonyl (C=O) groups excluding carboxylic acids is 2. The lowest BCUT2D eigenvalue weighted by Crippen LogP contribution is -2.30. The lowest BCUT2D eigenvalue weighted by atomic mass is 10.0. The number of benzene rings is 1. The van der Waals surface area contributed by atoms with Gasteiger partial charge in [-0.1, -0.05) is 38.1 Å². The molecule has 4 heteroatoms. The Labute approximate surface area is 113 Å². The summed E-state index contributed by atoms with van der Waals surface area (Å²) in [6, 6.07) is 7.64. The van der Waals surface area contributed by atoms with Crippen molar-refractivity contribution < 1.29 is 9.59 Å². The van der Waals surface area contributed by atoms with Gasteiger partial charge in [0.15, 0.2) is 0 Å². The minimum atomic E-state index is -0.349. The van der Waals surface area contributed by atoms with Crippen LogP contribution >= 0.6 is 0 Å². The highest BCUT2D eigenvalue weighted by molar-refractivity contribution is 6.13. The Morgan fingerprint density at radius 1 is 1.21 bits per heavy atom. The van der Waals surface area contributed by atoms with Crippen LogP contribution in [0, 0.1) is 0 Å². The molecule has 1 aliphatic heterocycles. The van der Waals surface area contributed by atoms with Gasteiger partial charge in [-0.3, -0.25) is 9.69 Å². The summed E-state index contributed by atoms with van der Waals surface area (Å²) in [5.74, 6) is 0.213. The van der Waals surface area contributed by atoms with Crippen molar-refractivity contribution in [3.05, 3.63) is 41.1 Å². The number of nitrogens with one attached hydrogen (secondary N) is 1. The van der Waals surface area contributed by atoms with Crippen molar-refractivity contribution in [3.8, 4) is 0 Å². The number of urea groups is 1. The third-order valence-corrected chi connectivity index (χ3v) is 3.19. The van der Waals surface area contributed by atoms with E-state index in [0.29, 0.717) is 18.2 Å². The van der Waals surface area contributed by atoms with Gasteiger partial charge in [0.2, 0.25) is 0 Å². The molecule has 0 saturated carbocycles. The Hall–Kier alpha value is -2.10. The number of nitrogens with zero attached hydrogens (tertiary/aromatic N) is 1. The van der Waals surface area contributed by atoms with E-state index in [2.05, 4.69) is 19.2 Å². The average Bonchev–Trinajstić information content (AvgIpc) is 2.64. The van der Waals surface area contributed by atoms with Crippen molar-refractivity contribution in [3.63, 3.8) is 0 Å². The predicted molar refractivity (Wildman–Crippen MR) is 74.4 cm³/mol. The van der Waals surface area contributed by atoms with Crippen LogP contribution in [0.4, 0.5) is 4.79 Å². The third-order valence-electron chi connectivity index (χ3n) is 3.19. The zero-order chi connectivity index (χ0) is 14.0. The summed E-state index contributed by atoms with van der Waals surface area (Å²) in [6.07, 6.45) is 1.71. The maximum atomic E-state index is 11.9. The summed E-state index contributed by atoms with van der Waals surface area (Å²) in [5, 5.41) is 2.59. The minimum Gasteiger partial charge on any atom is -0.303 e. The number of likely N-dealkylation sites (N-methyl/N-ethyl adjacent to an activating group) is 1. The predicted octanol–water partition coefficient (Wildman–Crippen LogP) is 2.72. The van der Waals surface area contributed by atoms with Gasteiger partial charge in [0.05, 0.1) is 0 Å². The van der Waals surface area contributed by atoms with E-state index in [4.69, 9.17) is 0 Å². The summed E-state index contributed by atoms with van der Waals surface area (Å²) >= 11 is 0. The van der Waals surface area contributed by atoms with Gasteiger partial charge in [-0.2, -0.15) is 0 Å². The molecule has 0 radical (unpaired) electrons. The van der Waals surface area contributed by atoms with E-state index in [1.807, 2.05) is 24.3 Å². The molecule has 0 spiro atoms. The van der Waals surface area contributed by atoms with E-state index < -0.39 is 0 Å². The number of hydrogen-bond donors (Lipinski definition) is 1. The van der Waals surface area contributed by atoms with E-state index in [0.717, 1.165) is 5.56 Å². The maximum absolute atomic E-state index is 11.9. The molecule has 1 fully saturated rings. The number of imide groups is 1. The smallest absolute Gasteiger partial charge is 0.303 e. The van der Waals surface area contributed by atoms with E-state index in [1.165, 1.54) is 10.5 Å². The Morgan fingerprint density at radius 2 is 1.84 bits per heavy atom. The molecule has 0 bridgehead atoms. The van der Waals surface area contributed by atoms with Crippen LogP contribution in [0.25, 0.3) is 6.08 Å². The summed E-state index contributed by atoms with van der Waals surface area (Å²) in [7, 11) is 0. The first-order valence-electron chi connectivity index (χ1n) is 6.47. The molecule has 2 rings (SSSR count). The molecule has 0 aromatic heterocycles. The summed E-state index contributed by atoms with van der Waals surface area (Å²) < 4.78 is 0. The second-order valence-electron chi connectivity index (χ2n) is 4.86. The van der Waals surface area contributed by atoms with Crippen LogP contribution < -0.4 is 5.32 Å². The molecular formula is C15H18N2O2. The molecule has 1 saturated heterocycles. The second kappa shape index (κ2) is 5.26. The lowest BCUT2D eigenvalue weighted by molar-refractivity contribution is -0.122. The highest BCUT2D eigenvalue weighted by atomic mass is 16.2. The summed E-state index contributed by atoms with van der Waals surface area (Å²) in [5.41, 5.74) is 2.49. The fraction of sp³-hybridized carbons (Fsp3) is 0.333. The average molecular weight is 258 g/mol. The Morgan fingerprint density at radius 3 is 2.32 bits per heavy atom. The third kappa shape index (κ3) is 2.67. The zero-order valence-corrected chi connectivity index (χ0v) is 11.4. The van der Waals surface area contributed by atoms with Gasteiger partial charge in [0.25, 0.3) is 5.91 Å². The zero-order valence-electron chi connectivity index (χ0n) is 11.4. The number of amides is 3. The molecule has 1 heterocycles. The largest absolute Gasteiger partial charge is 0.328 e. The Kier molecular flexibility index (Phi) is 3.69. The first-order chi connectivity index (χ1) is 9.02. The Balaban J connectivity index is 2.22. The highest BCUT2D eigenvalue weighted by Gasteiger charge is 2.31. The monoisotopic (exact) mass is 258 g/mol. The number of carbonyl (C=O) groups is 2. The first-order valence-corrected chi connectivity index (χ1v) is 6.47. The van der Waals surface area contributed by atoms with E-state index in [1.54, 1.807) is 13.0 Å². The minimum absolute atomic E-state index is 0.263. The highest BCUT2D eigenvalue weighted by Crippen LogP contribution is 2.17. The Bertz CT molecular complexity index is 530. The standard InChI is InChI=1S/C15H18N2O2/c1-4-17-14(18)13(16-15(17)19)9-11-5-7-12(8-6-11)10(2)3/h5-10H,4H2,1-3H3,(H,16,19)/b13-9+. The van der Waals surface area contributed by atoms with E-state index >= 15 is 0 Å². The van der Waals surface area contributed by atoms with Crippen LogP contribution in [0.5, 0.6) is 0 Å². The molecule has 4 nitrogen and oxygen atoms in total. The SMILES string of the molecule is CCN1C(=O)N/C(=C/c2ccc(C(C)C)cc2)C1=O. The van der Waals surface area contributed by atoms with Crippen LogP contribution in [-0.4, -0.2) is 23.4 Å². The summed E-state index contributed by atoms with van der Waals surface area (Å²) in [4.78, 5) is 24.6. The van der Waals surface area contributed by atoms with Crippen LogP contribution in [0.2, 0.25) is 0 Å². The van der Waals surface area contributed by atoms with E-state index in [9.17, 15) is 9.59 Å². The molecule has 0 atom stereocenters. The van der Waals surface area contributed by atoms with Crippen molar-refractivity contribution in [2.24, 2.45) is 0 Å². The maximum Gasteiger partial charge on any atom is 0.328 e. The molecule has 3 amide bonds. The normalized spacial score (nSPS) is 17.5. The van der Waals surface area contributed by atoms with Crippen LogP contribution in [0.15, 0.2) is 30.0 Å². The first kappa shape index (κ1) is 13.3. The van der Waals surface area contributed by atoms with Crippen molar-refractivity contribution in [1.29, 1.82) is 0 Å². The van der Waals surface area contributed by atoms with E-state index in [-0.39, 0.29) is 11.9 Å². The molecule has 0 aliphatic carbocycles. The van der Waals surface area contributed by atoms with Gasteiger partial charge in [-0.15, -0.1) is 0 Å². The van der Waals surface area contributed by atoms with Gasteiger partial charge >= 0.3 is 6.03 Å². The van der Waals surface area contributed by atoms with Crippen LogP contribution in [0.1, 0.15) is 37.8 Å². The molecule has 1 N–H and O–H groups in total. The summed E-state index contributed by atoms with van der Waals surface area (Å²) in [6.45, 7) is 6.42. The lowest BCUT2D eigenvalue weighted by Gasteiger charge is -2.06. The molecule has 0 unspecified atom stereocenters. The number of hydrogen-bond acceptors (Lipinski definition) is 2. The molecular weight excluding hydrogens is 240 g/mol. The topological polar surface area (TPSA) is 49.4 Å². The van der Waals surface area contributed by atoms with Crippen LogP contribution in [0.3, 0.4) is 0 Å². The van der Waals surface area contributed by atoms with Gasteiger partial charge in [-0.05, 0) is 30.0 Å². The molecule has 19 heavy (non-hydrogen) atoms. The van der Waals surface area contributed by atoms with Crippen LogP contribution in [-0.2, 0) is 4.79 Å². The van der Waals surface area contributed by atoms with Crippen molar-refractivity contribution in [1.82, 2.24) is 10.2 Å². The molecule has 1 aromatic rings. The molecule has 100 valence electrons. The van der Waals surface area contributed by atoms with Crippen molar-refractivity contribution in [2.75, 3.05) is 6.54 Å². The number of rotatable bonds is 3. The van der Waals surface area contributed by atoms with Crippen molar-refractivity contribution >= 4 is 18.0 Å². The fourth-order valence-electron chi connectivity index (χ4n) is 2.00. The quantitative estimate of drug-likeness (QED) is 0.669. The van der Waals surface area contributed by atoms with Gasteiger partial charge < -0.3 is 5.32 Å². The van der Waals surface area contributed by atoms with Gasteiger partial charge in [0.1, 0.15) is 5.70 Å².